The average Bonchev–Trinajstić information content (AvgIpc) is 2.82. The fourth-order valence-electron chi connectivity index (χ4n) is 2.46. The van der Waals surface area contributed by atoms with Gasteiger partial charge in [0.1, 0.15) is 5.82 Å². The van der Waals surface area contributed by atoms with Gasteiger partial charge in [0.05, 0.1) is 9.89 Å². The highest BCUT2D eigenvalue weighted by atomic mass is 79.9. The molecule has 0 spiro atoms. The molecule has 2 rings (SSSR count). The topological polar surface area (TPSA) is 54.0 Å². The first-order chi connectivity index (χ1) is 8.68. The van der Waals surface area contributed by atoms with Crippen LogP contribution in [0.3, 0.4) is 0 Å². The Labute approximate surface area is 116 Å². The minimum absolute atomic E-state index is 0.0775. The maximum absolute atomic E-state index is 12.5. The summed E-state index contributed by atoms with van der Waals surface area (Å²) < 4.78 is 0.816. The average molecular weight is 312 g/mol. The molecule has 0 bridgehead atoms. The van der Waals surface area contributed by atoms with Crippen molar-refractivity contribution in [1.29, 1.82) is 0 Å². The summed E-state index contributed by atoms with van der Waals surface area (Å²) in [5.41, 5.74) is -0.272. The van der Waals surface area contributed by atoms with E-state index in [0.717, 1.165) is 36.8 Å². The number of anilines is 1. The highest BCUT2D eigenvalue weighted by molar-refractivity contribution is 9.10. The molecule has 1 aliphatic heterocycles. The lowest BCUT2D eigenvalue weighted by Crippen LogP contribution is -2.38. The molecule has 1 aromatic rings. The van der Waals surface area contributed by atoms with Crippen molar-refractivity contribution in [2.75, 3.05) is 18.4 Å². The van der Waals surface area contributed by atoms with Gasteiger partial charge in [-0.3, -0.25) is 4.79 Å². The molecule has 4 nitrogen and oxygen atoms in total. The monoisotopic (exact) mass is 311 g/mol. The van der Waals surface area contributed by atoms with Gasteiger partial charge in [-0.2, -0.15) is 0 Å². The number of carbonyl (C=O) groups is 1. The molecule has 1 saturated heterocycles. The van der Waals surface area contributed by atoms with Crippen LogP contribution in [-0.4, -0.2) is 24.0 Å². The molecule has 1 aliphatic rings. The van der Waals surface area contributed by atoms with Gasteiger partial charge >= 0.3 is 0 Å². The van der Waals surface area contributed by atoms with Gasteiger partial charge in [-0.05, 0) is 47.4 Å². The van der Waals surface area contributed by atoms with Gasteiger partial charge in [-0.1, -0.05) is 13.3 Å². The summed E-state index contributed by atoms with van der Waals surface area (Å²) in [6.45, 7) is 3.79. The summed E-state index contributed by atoms with van der Waals surface area (Å²) in [6, 6.07) is 3.71. The molecule has 1 unspecified atom stereocenters. The molecule has 98 valence electrons. The molecule has 0 saturated carbocycles. The number of hydrogen-bond donors (Lipinski definition) is 2. The van der Waals surface area contributed by atoms with Gasteiger partial charge < -0.3 is 10.6 Å². The number of carbonyl (C=O) groups excluding carboxylic acids is 1. The molecule has 1 fully saturated rings. The van der Waals surface area contributed by atoms with Crippen LogP contribution in [0, 0.1) is 5.41 Å². The van der Waals surface area contributed by atoms with Crippen LogP contribution in [0.5, 0.6) is 0 Å². The first kappa shape index (κ1) is 13.5. The Morgan fingerprint density at radius 3 is 3.11 bits per heavy atom. The molecular formula is C13H18BrN3O. The normalized spacial score (nSPS) is 23.0. The number of amides is 1. The number of halogens is 1. The van der Waals surface area contributed by atoms with E-state index in [1.807, 2.05) is 12.1 Å². The van der Waals surface area contributed by atoms with E-state index >= 15 is 0 Å². The van der Waals surface area contributed by atoms with Crippen molar-refractivity contribution in [2.45, 2.75) is 26.2 Å². The first-order valence-corrected chi connectivity index (χ1v) is 7.10. The number of nitrogens with zero attached hydrogens (tertiary/aromatic N) is 1. The number of rotatable bonds is 4. The van der Waals surface area contributed by atoms with Gasteiger partial charge in [-0.25, -0.2) is 4.98 Å². The Morgan fingerprint density at radius 1 is 1.67 bits per heavy atom. The maximum Gasteiger partial charge on any atom is 0.233 e. The quantitative estimate of drug-likeness (QED) is 0.898. The molecule has 0 aromatic carbocycles. The van der Waals surface area contributed by atoms with E-state index < -0.39 is 0 Å². The summed E-state index contributed by atoms with van der Waals surface area (Å²) in [5.74, 6) is 0.679. The van der Waals surface area contributed by atoms with E-state index in [4.69, 9.17) is 0 Å². The lowest BCUT2D eigenvalue weighted by atomic mass is 9.81. The van der Waals surface area contributed by atoms with Crippen LogP contribution in [0.1, 0.15) is 26.2 Å². The molecule has 1 aromatic heterocycles. The van der Waals surface area contributed by atoms with Crippen LogP contribution in [-0.2, 0) is 4.79 Å². The van der Waals surface area contributed by atoms with E-state index in [0.29, 0.717) is 5.82 Å². The van der Waals surface area contributed by atoms with Crippen LogP contribution >= 0.6 is 15.9 Å². The fraction of sp³-hybridized carbons (Fsp3) is 0.538. The molecule has 1 atom stereocenters. The first-order valence-electron chi connectivity index (χ1n) is 6.31. The van der Waals surface area contributed by atoms with Gasteiger partial charge in [0.2, 0.25) is 5.91 Å². The molecule has 5 heteroatoms. The predicted octanol–water partition coefficient (Wildman–Crippen LogP) is 2.56. The number of hydrogen-bond acceptors (Lipinski definition) is 3. The van der Waals surface area contributed by atoms with Gasteiger partial charge in [0.25, 0.3) is 0 Å². The number of aromatic nitrogens is 1. The summed E-state index contributed by atoms with van der Waals surface area (Å²) >= 11 is 3.40. The highest BCUT2D eigenvalue weighted by Gasteiger charge is 2.40. The maximum atomic E-state index is 12.5. The summed E-state index contributed by atoms with van der Waals surface area (Å²) in [4.78, 5) is 16.6. The zero-order chi connectivity index (χ0) is 13.0. The fourth-order valence-corrected chi connectivity index (χ4v) is 2.81. The Hall–Kier alpha value is -0.940. The van der Waals surface area contributed by atoms with Crippen molar-refractivity contribution in [3.63, 3.8) is 0 Å². The Balaban J connectivity index is 2.13. The van der Waals surface area contributed by atoms with E-state index in [1.165, 1.54) is 0 Å². The molecule has 2 N–H and O–H groups in total. The number of pyridine rings is 1. The minimum atomic E-state index is -0.272. The highest BCUT2D eigenvalue weighted by Crippen LogP contribution is 2.33. The SMILES string of the molecule is CCCC1(C(=O)Nc2ncccc2Br)CCNC1. The second-order valence-electron chi connectivity index (χ2n) is 4.75. The Morgan fingerprint density at radius 2 is 2.50 bits per heavy atom. The largest absolute Gasteiger partial charge is 0.316 e. The Kier molecular flexibility index (Phi) is 4.35. The predicted molar refractivity (Wildman–Crippen MR) is 75.4 cm³/mol. The van der Waals surface area contributed by atoms with Crippen molar-refractivity contribution < 1.29 is 4.79 Å². The molecule has 0 radical (unpaired) electrons. The van der Waals surface area contributed by atoms with E-state index in [9.17, 15) is 4.79 Å². The Bertz CT molecular complexity index is 430. The van der Waals surface area contributed by atoms with Crippen molar-refractivity contribution in [2.24, 2.45) is 5.41 Å². The zero-order valence-corrected chi connectivity index (χ0v) is 12.1. The third-order valence-corrected chi connectivity index (χ3v) is 4.08. The summed E-state index contributed by atoms with van der Waals surface area (Å²) in [5, 5.41) is 6.23. The van der Waals surface area contributed by atoms with E-state index in [1.54, 1.807) is 6.20 Å². The third kappa shape index (κ3) is 2.72. The zero-order valence-electron chi connectivity index (χ0n) is 10.5. The number of nitrogens with one attached hydrogen (secondary N) is 2. The van der Waals surface area contributed by atoms with Gasteiger partial charge in [-0.15, -0.1) is 0 Å². The molecule has 18 heavy (non-hydrogen) atoms. The molecule has 0 aliphatic carbocycles. The van der Waals surface area contributed by atoms with Crippen molar-refractivity contribution in [3.05, 3.63) is 22.8 Å². The smallest absolute Gasteiger partial charge is 0.233 e. The standard InChI is InChI=1S/C13H18BrN3O/c1-2-5-13(6-8-15-9-13)12(18)17-11-10(14)4-3-7-16-11/h3-4,7,15H,2,5-6,8-9H2,1H3,(H,16,17,18). The van der Waals surface area contributed by atoms with Crippen LogP contribution in [0.15, 0.2) is 22.8 Å². The molecule has 2 heterocycles. The van der Waals surface area contributed by atoms with Gasteiger partial charge in [0.15, 0.2) is 0 Å². The second kappa shape index (κ2) is 5.80. The van der Waals surface area contributed by atoms with Crippen LogP contribution < -0.4 is 10.6 Å². The third-order valence-electron chi connectivity index (χ3n) is 3.44. The van der Waals surface area contributed by atoms with Crippen LogP contribution in [0.4, 0.5) is 5.82 Å². The lowest BCUT2D eigenvalue weighted by molar-refractivity contribution is -0.125. The van der Waals surface area contributed by atoms with E-state index in [2.05, 4.69) is 38.5 Å². The van der Waals surface area contributed by atoms with Gasteiger partial charge in [0, 0.05) is 12.7 Å². The lowest BCUT2D eigenvalue weighted by Gasteiger charge is -2.26. The summed E-state index contributed by atoms with van der Waals surface area (Å²) in [7, 11) is 0. The van der Waals surface area contributed by atoms with Crippen molar-refractivity contribution in [1.82, 2.24) is 10.3 Å². The van der Waals surface area contributed by atoms with Crippen LogP contribution in [0.25, 0.3) is 0 Å². The molecule has 1 amide bonds. The molecular weight excluding hydrogens is 294 g/mol. The minimum Gasteiger partial charge on any atom is -0.316 e. The van der Waals surface area contributed by atoms with E-state index in [-0.39, 0.29) is 11.3 Å². The van der Waals surface area contributed by atoms with Crippen molar-refractivity contribution >= 4 is 27.7 Å². The van der Waals surface area contributed by atoms with Crippen LogP contribution in [0.2, 0.25) is 0 Å². The van der Waals surface area contributed by atoms with Crippen molar-refractivity contribution in [3.8, 4) is 0 Å². The summed E-state index contributed by atoms with van der Waals surface area (Å²) in [6.07, 6.45) is 4.51. The second-order valence-corrected chi connectivity index (χ2v) is 5.60.